The summed E-state index contributed by atoms with van der Waals surface area (Å²) >= 11 is 6.27. The highest BCUT2D eigenvalue weighted by atomic mass is 35.5. The molecule has 0 unspecified atom stereocenters. The average Bonchev–Trinajstić information content (AvgIpc) is 2.73. The Balaban J connectivity index is 1.64. The number of ether oxygens (including phenoxy) is 1. The number of pyridine rings is 1. The molecule has 0 saturated heterocycles. The van der Waals surface area contributed by atoms with Crippen molar-refractivity contribution in [1.29, 1.82) is 5.26 Å². The number of carbonyl (C=O) groups excluding carboxylic acids is 1. The molecule has 1 N–H and O–H groups in total. The second-order valence-corrected chi connectivity index (χ2v) is 6.70. The summed E-state index contributed by atoms with van der Waals surface area (Å²) in [6.07, 6.45) is 1.48. The van der Waals surface area contributed by atoms with Crippen LogP contribution in [0.5, 0.6) is 5.75 Å². The van der Waals surface area contributed by atoms with Crippen molar-refractivity contribution in [2.45, 2.75) is 13.2 Å². The quantitative estimate of drug-likeness (QED) is 0.667. The van der Waals surface area contributed by atoms with Crippen LogP contribution in [0.25, 0.3) is 0 Å². The van der Waals surface area contributed by atoms with Gasteiger partial charge in [0.1, 0.15) is 29.9 Å². The molecule has 0 atom stereocenters. The normalized spacial score (nSPS) is 12.7. The number of nitrogens with one attached hydrogen (secondary N) is 1. The number of hydrogen-bond acceptors (Lipinski definition) is 4. The molecular weight excluding hydrogens is 395 g/mol. The van der Waals surface area contributed by atoms with Crippen LogP contribution in [0.2, 0.25) is 5.02 Å². The minimum atomic E-state index is -0.469. The Hall–Kier alpha value is -3.63. The van der Waals surface area contributed by atoms with E-state index in [0.29, 0.717) is 27.7 Å². The molecule has 2 aromatic carbocycles. The molecule has 0 radical (unpaired) electrons. The zero-order valence-electron chi connectivity index (χ0n) is 15.0. The van der Waals surface area contributed by atoms with Crippen molar-refractivity contribution in [2.75, 3.05) is 10.2 Å². The Labute approximate surface area is 171 Å². The van der Waals surface area contributed by atoms with E-state index in [4.69, 9.17) is 16.3 Å². The lowest BCUT2D eigenvalue weighted by Gasteiger charge is -2.30. The number of anilines is 2. The Morgan fingerprint density at radius 2 is 2.14 bits per heavy atom. The van der Waals surface area contributed by atoms with Gasteiger partial charge in [0.2, 0.25) is 0 Å². The van der Waals surface area contributed by atoms with Gasteiger partial charge in [-0.05, 0) is 36.4 Å². The summed E-state index contributed by atoms with van der Waals surface area (Å²) in [7, 11) is 0. The fourth-order valence-electron chi connectivity index (χ4n) is 3.04. The van der Waals surface area contributed by atoms with E-state index in [0.717, 1.165) is 5.56 Å². The predicted octanol–water partition coefficient (Wildman–Crippen LogP) is 4.88. The lowest BCUT2D eigenvalue weighted by Crippen LogP contribution is -2.39. The SMILES string of the molecule is N#Cc1ccc(OCc2ncccc2F)cc1N1Cc2c(Cl)cccc2NC1=O. The third-order valence-electron chi connectivity index (χ3n) is 4.51. The molecular formula is C21H14ClFN4O2. The van der Waals surface area contributed by atoms with Gasteiger partial charge in [-0.15, -0.1) is 0 Å². The summed E-state index contributed by atoms with van der Waals surface area (Å²) in [5, 5.41) is 12.8. The molecule has 2 heterocycles. The van der Waals surface area contributed by atoms with Crippen LogP contribution >= 0.6 is 11.6 Å². The van der Waals surface area contributed by atoms with Gasteiger partial charge in [-0.25, -0.2) is 9.18 Å². The Kier molecular flexibility index (Phi) is 5.02. The molecule has 0 bridgehead atoms. The van der Waals surface area contributed by atoms with Crippen LogP contribution in [0.1, 0.15) is 16.8 Å². The summed E-state index contributed by atoms with van der Waals surface area (Å²) < 4.78 is 19.4. The second kappa shape index (κ2) is 7.78. The fourth-order valence-corrected chi connectivity index (χ4v) is 3.27. The fraction of sp³-hybridized carbons (Fsp3) is 0.0952. The number of rotatable bonds is 4. The zero-order valence-corrected chi connectivity index (χ0v) is 15.8. The largest absolute Gasteiger partial charge is 0.487 e. The lowest BCUT2D eigenvalue weighted by atomic mass is 10.1. The van der Waals surface area contributed by atoms with Crippen molar-refractivity contribution in [3.05, 3.63) is 82.4 Å². The number of nitriles is 1. The van der Waals surface area contributed by atoms with Crippen molar-refractivity contribution in [3.63, 3.8) is 0 Å². The molecule has 0 aliphatic carbocycles. The maximum atomic E-state index is 13.8. The monoisotopic (exact) mass is 408 g/mol. The molecule has 144 valence electrons. The van der Waals surface area contributed by atoms with Crippen LogP contribution in [0.4, 0.5) is 20.6 Å². The Bertz CT molecular complexity index is 1150. The number of fused-ring (bicyclic) bond motifs is 1. The maximum absolute atomic E-state index is 13.8. The van der Waals surface area contributed by atoms with Gasteiger partial charge in [0.05, 0.1) is 17.8 Å². The number of benzene rings is 2. The third-order valence-corrected chi connectivity index (χ3v) is 4.87. The summed E-state index contributed by atoms with van der Waals surface area (Å²) in [5.41, 5.74) is 2.21. The average molecular weight is 409 g/mol. The number of carbonyl (C=O) groups is 1. The van der Waals surface area contributed by atoms with Gasteiger partial charge in [0.25, 0.3) is 0 Å². The Morgan fingerprint density at radius 1 is 1.28 bits per heavy atom. The van der Waals surface area contributed by atoms with Crippen molar-refractivity contribution in [2.24, 2.45) is 0 Å². The van der Waals surface area contributed by atoms with Gasteiger partial charge in [0.15, 0.2) is 0 Å². The van der Waals surface area contributed by atoms with Gasteiger partial charge in [-0.1, -0.05) is 17.7 Å². The van der Waals surface area contributed by atoms with Gasteiger partial charge < -0.3 is 10.1 Å². The van der Waals surface area contributed by atoms with Gasteiger partial charge >= 0.3 is 6.03 Å². The molecule has 3 aromatic rings. The van der Waals surface area contributed by atoms with E-state index in [2.05, 4.69) is 16.4 Å². The standard InChI is InChI=1S/C21H14ClFN4O2/c22-16-3-1-5-18-15(16)11-27(21(28)26-18)20-9-14(7-6-13(20)10-24)29-12-19-17(23)4-2-8-25-19/h1-9H,11-12H2,(H,26,28). The van der Waals surface area contributed by atoms with Crippen molar-refractivity contribution in [1.82, 2.24) is 4.98 Å². The number of amides is 2. The highest BCUT2D eigenvalue weighted by Gasteiger charge is 2.27. The van der Waals surface area contributed by atoms with Crippen LogP contribution in [-0.2, 0) is 13.2 Å². The van der Waals surface area contributed by atoms with E-state index >= 15 is 0 Å². The molecule has 8 heteroatoms. The number of halogens is 2. The van der Waals surface area contributed by atoms with Crippen LogP contribution in [0.15, 0.2) is 54.7 Å². The molecule has 0 spiro atoms. The summed E-state index contributed by atoms with van der Waals surface area (Å²) in [5.74, 6) is -0.0927. The third kappa shape index (κ3) is 3.71. The van der Waals surface area contributed by atoms with Crippen LogP contribution < -0.4 is 15.0 Å². The van der Waals surface area contributed by atoms with E-state index in [-0.39, 0.29) is 24.9 Å². The van der Waals surface area contributed by atoms with E-state index < -0.39 is 5.82 Å². The Morgan fingerprint density at radius 3 is 2.93 bits per heavy atom. The van der Waals surface area contributed by atoms with Crippen LogP contribution in [0, 0.1) is 17.1 Å². The molecule has 6 nitrogen and oxygen atoms in total. The summed E-state index contributed by atoms with van der Waals surface area (Å²) in [6.45, 7) is 0.118. The molecule has 2 amide bonds. The summed E-state index contributed by atoms with van der Waals surface area (Å²) in [6, 6.07) is 14.5. The number of aromatic nitrogens is 1. The molecule has 29 heavy (non-hydrogen) atoms. The minimum absolute atomic E-state index is 0.0845. The first-order chi connectivity index (χ1) is 14.1. The van der Waals surface area contributed by atoms with E-state index in [9.17, 15) is 14.4 Å². The number of nitrogens with zero attached hydrogens (tertiary/aromatic N) is 3. The van der Waals surface area contributed by atoms with E-state index in [1.165, 1.54) is 23.2 Å². The zero-order chi connectivity index (χ0) is 20.4. The van der Waals surface area contributed by atoms with Crippen molar-refractivity contribution < 1.29 is 13.9 Å². The topological polar surface area (TPSA) is 78.2 Å². The number of urea groups is 1. The van der Waals surface area contributed by atoms with E-state index in [1.54, 1.807) is 36.4 Å². The molecule has 1 aliphatic heterocycles. The summed E-state index contributed by atoms with van der Waals surface area (Å²) in [4.78, 5) is 18.0. The van der Waals surface area contributed by atoms with Crippen molar-refractivity contribution in [3.8, 4) is 11.8 Å². The maximum Gasteiger partial charge on any atom is 0.326 e. The lowest BCUT2D eigenvalue weighted by molar-refractivity contribution is 0.256. The highest BCUT2D eigenvalue weighted by Crippen LogP contribution is 2.35. The first-order valence-electron chi connectivity index (χ1n) is 8.69. The van der Waals surface area contributed by atoms with Crippen molar-refractivity contribution >= 4 is 29.0 Å². The van der Waals surface area contributed by atoms with Gasteiger partial charge in [-0.3, -0.25) is 9.88 Å². The molecule has 1 aliphatic rings. The van der Waals surface area contributed by atoms with E-state index in [1.807, 2.05) is 0 Å². The molecule has 0 saturated carbocycles. The highest BCUT2D eigenvalue weighted by molar-refractivity contribution is 6.32. The smallest absolute Gasteiger partial charge is 0.326 e. The first-order valence-corrected chi connectivity index (χ1v) is 9.07. The van der Waals surface area contributed by atoms with Gasteiger partial charge in [0, 0.05) is 28.5 Å². The first kappa shape index (κ1) is 18.7. The molecule has 4 rings (SSSR count). The van der Waals surface area contributed by atoms with Crippen LogP contribution in [0.3, 0.4) is 0 Å². The molecule has 0 fully saturated rings. The number of hydrogen-bond donors (Lipinski definition) is 1. The molecule has 1 aromatic heterocycles. The minimum Gasteiger partial charge on any atom is -0.487 e. The second-order valence-electron chi connectivity index (χ2n) is 6.29. The predicted molar refractivity (Wildman–Crippen MR) is 106 cm³/mol. The van der Waals surface area contributed by atoms with Gasteiger partial charge in [-0.2, -0.15) is 5.26 Å². The van der Waals surface area contributed by atoms with Crippen LogP contribution in [-0.4, -0.2) is 11.0 Å².